The lowest BCUT2D eigenvalue weighted by Gasteiger charge is -2.39. The third-order valence-electron chi connectivity index (χ3n) is 6.62. The normalized spacial score (nSPS) is 54.1. The van der Waals surface area contributed by atoms with Crippen LogP contribution in [-0.4, -0.2) is 5.78 Å². The molecule has 3 fully saturated rings. The van der Waals surface area contributed by atoms with Crippen molar-refractivity contribution in [3.05, 3.63) is 0 Å². The van der Waals surface area contributed by atoms with Gasteiger partial charge in [0.2, 0.25) is 0 Å². The predicted molar refractivity (Wildman–Crippen MR) is 65.1 cm³/mol. The van der Waals surface area contributed by atoms with Crippen LogP contribution < -0.4 is 0 Å². The Kier molecular flexibility index (Phi) is 1.85. The quantitative estimate of drug-likeness (QED) is 0.606. The lowest BCUT2D eigenvalue weighted by Crippen LogP contribution is -2.40. The number of carbonyl (C=O) groups excluding carboxylic acids is 1. The summed E-state index contributed by atoms with van der Waals surface area (Å²) in [4.78, 5) is 12.7. The summed E-state index contributed by atoms with van der Waals surface area (Å²) in [7, 11) is 0. The topological polar surface area (TPSA) is 17.1 Å². The summed E-state index contributed by atoms with van der Waals surface area (Å²) < 4.78 is 0. The first-order chi connectivity index (χ1) is 7.33. The summed E-state index contributed by atoms with van der Waals surface area (Å²) >= 11 is 0. The van der Waals surface area contributed by atoms with Crippen molar-refractivity contribution in [1.29, 1.82) is 0 Å². The fourth-order valence-electron chi connectivity index (χ4n) is 5.35. The fraction of sp³-hybridized carbons (Fsp3) is 0.933. The summed E-state index contributed by atoms with van der Waals surface area (Å²) in [6, 6.07) is 0. The van der Waals surface area contributed by atoms with E-state index in [2.05, 4.69) is 27.7 Å². The molecule has 0 N–H and O–H groups in total. The smallest absolute Gasteiger partial charge is 0.143 e. The fourth-order valence-corrected chi connectivity index (χ4v) is 5.35. The van der Waals surface area contributed by atoms with Crippen LogP contribution in [-0.2, 0) is 4.79 Å². The van der Waals surface area contributed by atoms with Crippen molar-refractivity contribution in [2.24, 2.45) is 28.1 Å². The average Bonchev–Trinajstić information content (AvgIpc) is 2.47. The van der Waals surface area contributed by atoms with E-state index < -0.39 is 0 Å². The molecule has 1 nitrogen and oxygen atoms in total. The van der Waals surface area contributed by atoms with Crippen LogP contribution in [0.4, 0.5) is 0 Å². The molecule has 0 aromatic rings. The molecule has 3 saturated carbocycles. The van der Waals surface area contributed by atoms with Gasteiger partial charge in [0.1, 0.15) is 5.78 Å². The van der Waals surface area contributed by atoms with Crippen LogP contribution in [0, 0.1) is 28.1 Å². The molecule has 0 unspecified atom stereocenters. The van der Waals surface area contributed by atoms with Gasteiger partial charge in [-0.25, -0.2) is 0 Å². The van der Waals surface area contributed by atoms with Crippen LogP contribution in [0.25, 0.3) is 0 Å². The monoisotopic (exact) mass is 220 g/mol. The number of ketones is 1. The van der Waals surface area contributed by atoms with Gasteiger partial charge in [-0.15, -0.1) is 0 Å². The molecule has 3 aliphatic rings. The number of hydrogen-bond acceptors (Lipinski definition) is 1. The van der Waals surface area contributed by atoms with Gasteiger partial charge in [-0.3, -0.25) is 4.79 Å². The second-order valence-corrected chi connectivity index (χ2v) is 7.58. The average molecular weight is 220 g/mol. The van der Waals surface area contributed by atoms with Gasteiger partial charge in [0.15, 0.2) is 0 Å². The molecule has 0 saturated heterocycles. The highest BCUT2D eigenvalue weighted by Crippen LogP contribution is 2.72. The van der Waals surface area contributed by atoms with Gasteiger partial charge in [-0.2, -0.15) is 0 Å². The minimum Gasteiger partial charge on any atom is -0.299 e. The van der Waals surface area contributed by atoms with Crippen molar-refractivity contribution >= 4 is 5.78 Å². The second kappa shape index (κ2) is 2.73. The maximum atomic E-state index is 12.7. The van der Waals surface area contributed by atoms with Crippen LogP contribution in [0.2, 0.25) is 0 Å². The first-order valence-corrected chi connectivity index (χ1v) is 6.87. The number of hydrogen-bond donors (Lipinski definition) is 0. The highest BCUT2D eigenvalue weighted by atomic mass is 16.1. The van der Waals surface area contributed by atoms with Crippen molar-refractivity contribution in [1.82, 2.24) is 0 Å². The van der Waals surface area contributed by atoms with Gasteiger partial charge in [0, 0.05) is 11.3 Å². The summed E-state index contributed by atoms with van der Waals surface area (Å²) in [6.07, 6.45) is 6.29. The van der Waals surface area contributed by atoms with Crippen molar-refractivity contribution in [2.45, 2.75) is 59.8 Å². The standard InChI is InChI=1S/C15H24O/c1-13(2)7-5-8-14(3)10-6-9-15(14,4)12(16)11(10)13/h10-11H,5-9H2,1-4H3/t10-,11-,14+,15+/m0/s1. The number of rotatable bonds is 0. The van der Waals surface area contributed by atoms with Gasteiger partial charge >= 0.3 is 0 Å². The Hall–Kier alpha value is -0.330. The predicted octanol–water partition coefficient (Wildman–Crippen LogP) is 3.82. The van der Waals surface area contributed by atoms with Crippen molar-refractivity contribution in [3.63, 3.8) is 0 Å². The van der Waals surface area contributed by atoms with E-state index in [4.69, 9.17) is 0 Å². The minimum absolute atomic E-state index is 0.0139. The SMILES string of the molecule is CC1(C)CCC[C@]2(C)[C@H]3CC[C@]2(C)C(=O)[C@H]31. The number of carbonyl (C=O) groups is 1. The zero-order valence-electron chi connectivity index (χ0n) is 11.1. The summed E-state index contributed by atoms with van der Waals surface area (Å²) in [5.74, 6) is 1.65. The molecule has 0 aromatic heterocycles. The largest absolute Gasteiger partial charge is 0.299 e. The van der Waals surface area contributed by atoms with Gasteiger partial charge in [0.25, 0.3) is 0 Å². The van der Waals surface area contributed by atoms with Gasteiger partial charge in [0.05, 0.1) is 0 Å². The van der Waals surface area contributed by atoms with Crippen LogP contribution in [0.5, 0.6) is 0 Å². The molecular weight excluding hydrogens is 196 g/mol. The van der Waals surface area contributed by atoms with Gasteiger partial charge in [-0.05, 0) is 42.4 Å². The van der Waals surface area contributed by atoms with E-state index in [1.165, 1.54) is 25.7 Å². The van der Waals surface area contributed by atoms with E-state index in [1.54, 1.807) is 0 Å². The summed E-state index contributed by atoms with van der Waals surface area (Å²) in [5.41, 5.74) is 0.584. The first-order valence-electron chi connectivity index (χ1n) is 6.87. The van der Waals surface area contributed by atoms with Crippen LogP contribution in [0.3, 0.4) is 0 Å². The molecule has 0 radical (unpaired) electrons. The van der Waals surface area contributed by atoms with Crippen LogP contribution in [0.1, 0.15) is 59.8 Å². The highest BCUT2D eigenvalue weighted by molar-refractivity contribution is 5.92. The third kappa shape index (κ3) is 0.926. The molecule has 0 aromatic carbocycles. The van der Waals surface area contributed by atoms with Crippen LogP contribution >= 0.6 is 0 Å². The van der Waals surface area contributed by atoms with E-state index >= 15 is 0 Å². The zero-order chi connectivity index (χ0) is 11.8. The van der Waals surface area contributed by atoms with Crippen molar-refractivity contribution in [3.8, 4) is 0 Å². The second-order valence-electron chi connectivity index (χ2n) is 7.58. The van der Waals surface area contributed by atoms with E-state index in [0.29, 0.717) is 23.0 Å². The molecule has 0 spiro atoms. The first kappa shape index (κ1) is 10.8. The Morgan fingerprint density at radius 1 is 1.06 bits per heavy atom. The van der Waals surface area contributed by atoms with Crippen molar-refractivity contribution < 1.29 is 4.79 Å². The summed E-state index contributed by atoms with van der Waals surface area (Å²) in [5, 5.41) is 0. The van der Waals surface area contributed by atoms with E-state index in [0.717, 1.165) is 6.42 Å². The Morgan fingerprint density at radius 3 is 2.44 bits per heavy atom. The van der Waals surface area contributed by atoms with Gasteiger partial charge in [-0.1, -0.05) is 34.1 Å². The minimum atomic E-state index is 0.0139. The van der Waals surface area contributed by atoms with Crippen LogP contribution in [0.15, 0.2) is 0 Å². The Morgan fingerprint density at radius 2 is 1.75 bits per heavy atom. The lowest BCUT2D eigenvalue weighted by molar-refractivity contribution is -0.136. The Bertz CT molecular complexity index is 356. The molecule has 0 aliphatic heterocycles. The maximum Gasteiger partial charge on any atom is 0.143 e. The maximum absolute atomic E-state index is 12.7. The molecule has 90 valence electrons. The Balaban J connectivity index is 2.16. The van der Waals surface area contributed by atoms with E-state index in [-0.39, 0.29) is 10.8 Å². The Labute approximate surface area is 99.0 Å². The molecule has 3 aliphatic carbocycles. The molecule has 1 heteroatoms. The zero-order valence-corrected chi connectivity index (χ0v) is 11.1. The van der Waals surface area contributed by atoms with Gasteiger partial charge < -0.3 is 0 Å². The molecule has 3 rings (SSSR count). The molecule has 0 amide bonds. The van der Waals surface area contributed by atoms with E-state index in [1.807, 2.05) is 0 Å². The van der Waals surface area contributed by atoms with Crippen molar-refractivity contribution in [2.75, 3.05) is 0 Å². The molecule has 16 heavy (non-hydrogen) atoms. The molecular formula is C15H24O. The summed E-state index contributed by atoms with van der Waals surface area (Å²) in [6.45, 7) is 9.32. The highest BCUT2D eigenvalue weighted by Gasteiger charge is 2.70. The number of Topliss-reactive ketones (excluding diaryl/α,β-unsaturated/α-hetero) is 1. The molecule has 0 heterocycles. The molecule has 4 atom stereocenters. The third-order valence-corrected chi connectivity index (χ3v) is 6.62. The lowest BCUT2D eigenvalue weighted by atomic mass is 9.64. The molecule has 4 bridgehead atoms. The van der Waals surface area contributed by atoms with E-state index in [9.17, 15) is 4.79 Å².